The first kappa shape index (κ1) is 17.5. The lowest BCUT2D eigenvalue weighted by Crippen LogP contribution is -2.42. The van der Waals surface area contributed by atoms with E-state index in [0.29, 0.717) is 18.2 Å². The second-order valence-electron chi connectivity index (χ2n) is 6.10. The summed E-state index contributed by atoms with van der Waals surface area (Å²) in [6, 6.07) is 9.01. The standard InChI is InChI=1S/C14H16N2O2.C2HF3O2/c1-2-4-13-12(3-1)16-14(18-13)17-11-7-9-5-6-10(8-11)15-9;3-2(4,5)1(6)7/h1-4,9-11,15H,5-8H2;(H,6,7)/t9-,10+,11?;. The maximum Gasteiger partial charge on any atom is 0.490 e. The minimum Gasteiger partial charge on any atom is -0.475 e. The number of nitrogens with zero attached hydrogens (tertiary/aromatic N) is 1. The predicted octanol–water partition coefficient (Wildman–Crippen LogP) is 3.12. The summed E-state index contributed by atoms with van der Waals surface area (Å²) in [6.45, 7) is 0. The van der Waals surface area contributed by atoms with Crippen molar-refractivity contribution in [3.05, 3.63) is 24.3 Å². The van der Waals surface area contributed by atoms with Crippen LogP contribution in [0.15, 0.2) is 28.7 Å². The number of carboxylic acids is 1. The van der Waals surface area contributed by atoms with E-state index in [2.05, 4.69) is 10.3 Å². The number of halogens is 3. The van der Waals surface area contributed by atoms with Gasteiger partial charge in [-0.1, -0.05) is 12.1 Å². The molecule has 2 aromatic rings. The predicted molar refractivity (Wildman–Crippen MR) is 81.3 cm³/mol. The SMILES string of the molecule is O=C(O)C(F)(F)F.c1ccc2oc(OC3C[C@H]4CC[C@@H](C3)N4)nc2c1. The Balaban J connectivity index is 0.000000225. The van der Waals surface area contributed by atoms with Gasteiger partial charge in [0, 0.05) is 12.1 Å². The van der Waals surface area contributed by atoms with E-state index in [1.54, 1.807) is 0 Å². The van der Waals surface area contributed by atoms with E-state index in [0.717, 1.165) is 23.9 Å². The number of rotatable bonds is 2. The van der Waals surface area contributed by atoms with Crippen molar-refractivity contribution in [3.63, 3.8) is 0 Å². The van der Waals surface area contributed by atoms with Crippen LogP contribution in [0.2, 0.25) is 0 Å². The molecule has 2 fully saturated rings. The molecule has 0 amide bonds. The summed E-state index contributed by atoms with van der Waals surface area (Å²) in [7, 11) is 0. The lowest BCUT2D eigenvalue weighted by atomic mass is 10.0. The van der Waals surface area contributed by atoms with Crippen molar-refractivity contribution in [1.82, 2.24) is 10.3 Å². The average molecular weight is 358 g/mol. The number of hydrogen-bond acceptors (Lipinski definition) is 5. The molecule has 136 valence electrons. The summed E-state index contributed by atoms with van der Waals surface area (Å²) in [5, 5.41) is 10.7. The molecule has 0 saturated carbocycles. The third-order valence-corrected chi connectivity index (χ3v) is 4.21. The molecule has 6 nitrogen and oxygen atoms in total. The number of ether oxygens (including phenoxy) is 1. The van der Waals surface area contributed by atoms with Crippen LogP contribution in [-0.4, -0.2) is 40.4 Å². The summed E-state index contributed by atoms with van der Waals surface area (Å²) in [6.07, 6.45) is 0.264. The normalized spacial score (nSPS) is 25.3. The second kappa shape index (κ2) is 6.91. The van der Waals surface area contributed by atoms with E-state index in [4.69, 9.17) is 19.1 Å². The Labute approximate surface area is 141 Å². The van der Waals surface area contributed by atoms with Crippen LogP contribution < -0.4 is 10.1 Å². The van der Waals surface area contributed by atoms with E-state index in [9.17, 15) is 13.2 Å². The zero-order valence-electron chi connectivity index (χ0n) is 13.1. The number of carboxylic acid groups (broad SMARTS) is 1. The lowest BCUT2D eigenvalue weighted by molar-refractivity contribution is -0.192. The molecular formula is C16H17F3N2O4. The Bertz CT molecular complexity index is 701. The van der Waals surface area contributed by atoms with Gasteiger partial charge >= 0.3 is 18.2 Å². The van der Waals surface area contributed by atoms with Gasteiger partial charge in [0.2, 0.25) is 0 Å². The van der Waals surface area contributed by atoms with Crippen LogP contribution in [0.4, 0.5) is 13.2 Å². The third kappa shape index (κ3) is 4.41. The number of aromatic nitrogens is 1. The minimum atomic E-state index is -5.08. The van der Waals surface area contributed by atoms with Gasteiger partial charge in [-0.25, -0.2) is 4.79 Å². The first-order valence-corrected chi connectivity index (χ1v) is 7.89. The van der Waals surface area contributed by atoms with Gasteiger partial charge in [0.25, 0.3) is 0 Å². The fourth-order valence-corrected chi connectivity index (χ4v) is 3.15. The number of benzene rings is 1. The molecule has 1 aromatic heterocycles. The Morgan fingerprint density at radius 3 is 2.40 bits per heavy atom. The van der Waals surface area contributed by atoms with Crippen LogP contribution in [0.3, 0.4) is 0 Å². The van der Waals surface area contributed by atoms with Crippen LogP contribution in [0.5, 0.6) is 6.08 Å². The molecule has 4 rings (SSSR count). The second-order valence-corrected chi connectivity index (χ2v) is 6.10. The number of aliphatic carboxylic acids is 1. The Morgan fingerprint density at radius 2 is 1.84 bits per heavy atom. The van der Waals surface area contributed by atoms with Crippen molar-refractivity contribution in [3.8, 4) is 6.08 Å². The summed E-state index contributed by atoms with van der Waals surface area (Å²) in [5.74, 6) is -2.76. The maximum absolute atomic E-state index is 10.6. The lowest BCUT2D eigenvalue weighted by Gasteiger charge is -2.28. The first-order chi connectivity index (χ1) is 11.8. The van der Waals surface area contributed by atoms with Gasteiger partial charge in [0.1, 0.15) is 11.6 Å². The van der Waals surface area contributed by atoms with E-state index in [-0.39, 0.29) is 6.10 Å². The van der Waals surface area contributed by atoms with Gasteiger partial charge in [0.05, 0.1) is 0 Å². The van der Waals surface area contributed by atoms with Crippen LogP contribution >= 0.6 is 0 Å². The maximum atomic E-state index is 10.6. The highest BCUT2D eigenvalue weighted by molar-refractivity contribution is 5.73. The van der Waals surface area contributed by atoms with Crippen LogP contribution in [-0.2, 0) is 4.79 Å². The van der Waals surface area contributed by atoms with Crippen molar-refractivity contribution in [2.24, 2.45) is 0 Å². The monoisotopic (exact) mass is 358 g/mol. The van der Waals surface area contributed by atoms with Gasteiger partial charge in [0.15, 0.2) is 5.58 Å². The van der Waals surface area contributed by atoms with E-state index in [1.165, 1.54) is 12.8 Å². The molecule has 2 aliphatic rings. The summed E-state index contributed by atoms with van der Waals surface area (Å²) < 4.78 is 43.2. The molecule has 3 heterocycles. The van der Waals surface area contributed by atoms with Crippen LogP contribution in [0.25, 0.3) is 11.1 Å². The smallest absolute Gasteiger partial charge is 0.475 e. The summed E-state index contributed by atoms with van der Waals surface area (Å²) >= 11 is 0. The van der Waals surface area contributed by atoms with Crippen molar-refractivity contribution in [2.75, 3.05) is 0 Å². The molecule has 0 spiro atoms. The topological polar surface area (TPSA) is 84.6 Å². The Morgan fingerprint density at radius 1 is 1.24 bits per heavy atom. The van der Waals surface area contributed by atoms with Crippen LogP contribution in [0.1, 0.15) is 25.7 Å². The van der Waals surface area contributed by atoms with Crippen molar-refractivity contribution in [2.45, 2.75) is 50.0 Å². The molecule has 3 atom stereocenters. The van der Waals surface area contributed by atoms with Gasteiger partial charge in [-0.2, -0.15) is 18.2 Å². The van der Waals surface area contributed by atoms with Crippen molar-refractivity contribution in [1.29, 1.82) is 0 Å². The van der Waals surface area contributed by atoms with E-state index >= 15 is 0 Å². The third-order valence-electron chi connectivity index (χ3n) is 4.21. The highest BCUT2D eigenvalue weighted by Crippen LogP contribution is 2.30. The molecule has 1 aromatic carbocycles. The van der Waals surface area contributed by atoms with E-state index < -0.39 is 12.1 Å². The fraction of sp³-hybridized carbons (Fsp3) is 0.500. The summed E-state index contributed by atoms with van der Waals surface area (Å²) in [4.78, 5) is 13.3. The number of oxazole rings is 1. The number of hydrogen-bond donors (Lipinski definition) is 2. The quantitative estimate of drug-likeness (QED) is 0.858. The molecule has 0 aliphatic carbocycles. The van der Waals surface area contributed by atoms with Crippen molar-refractivity contribution < 1.29 is 32.2 Å². The van der Waals surface area contributed by atoms with Crippen molar-refractivity contribution >= 4 is 17.1 Å². The van der Waals surface area contributed by atoms with Crippen LogP contribution in [0, 0.1) is 0 Å². The highest BCUT2D eigenvalue weighted by Gasteiger charge is 2.38. The number of fused-ring (bicyclic) bond motifs is 3. The average Bonchev–Trinajstić information content (AvgIpc) is 3.09. The van der Waals surface area contributed by atoms with E-state index in [1.807, 2.05) is 24.3 Å². The zero-order valence-corrected chi connectivity index (χ0v) is 13.1. The Hall–Kier alpha value is -2.29. The number of piperidine rings is 1. The van der Waals surface area contributed by atoms with Gasteiger partial charge in [-0.15, -0.1) is 0 Å². The zero-order chi connectivity index (χ0) is 18.0. The molecule has 1 unspecified atom stereocenters. The molecule has 9 heteroatoms. The molecular weight excluding hydrogens is 341 g/mol. The highest BCUT2D eigenvalue weighted by atomic mass is 19.4. The molecule has 2 bridgehead atoms. The van der Waals surface area contributed by atoms with Gasteiger partial charge in [-0.05, 0) is 37.8 Å². The minimum absolute atomic E-state index is 0.247. The van der Waals surface area contributed by atoms with Gasteiger partial charge < -0.3 is 19.6 Å². The number of carbonyl (C=O) groups is 1. The largest absolute Gasteiger partial charge is 0.490 e. The molecule has 25 heavy (non-hydrogen) atoms. The number of alkyl halides is 3. The Kier molecular flexibility index (Phi) is 4.85. The fourth-order valence-electron chi connectivity index (χ4n) is 3.15. The summed E-state index contributed by atoms with van der Waals surface area (Å²) in [5.41, 5.74) is 1.66. The number of nitrogens with one attached hydrogen (secondary N) is 1. The van der Waals surface area contributed by atoms with Gasteiger partial charge in [-0.3, -0.25) is 0 Å². The first-order valence-electron chi connectivity index (χ1n) is 7.89. The number of para-hydroxylation sites is 2. The molecule has 2 N–H and O–H groups in total. The molecule has 2 saturated heterocycles. The molecule has 0 radical (unpaired) electrons. The molecule has 2 aliphatic heterocycles.